The zero-order valence-corrected chi connectivity index (χ0v) is 10.6. The van der Waals surface area contributed by atoms with Crippen LogP contribution in [0.25, 0.3) is 0 Å². The Hall–Kier alpha value is -0.930. The molecule has 17 heavy (non-hydrogen) atoms. The smallest absolute Gasteiger partial charge is 0.166 e. The minimum Gasteiger partial charge on any atom is -0.486 e. The highest BCUT2D eigenvalue weighted by Crippen LogP contribution is 2.49. The highest BCUT2D eigenvalue weighted by molar-refractivity contribution is 6.31. The van der Waals surface area contributed by atoms with Gasteiger partial charge in [0.15, 0.2) is 11.5 Å². The van der Waals surface area contributed by atoms with Crippen LogP contribution in [0, 0.1) is 0 Å². The van der Waals surface area contributed by atoms with Crippen molar-refractivity contribution >= 4 is 11.6 Å². The van der Waals surface area contributed by atoms with Gasteiger partial charge in [0.1, 0.15) is 13.2 Å². The summed E-state index contributed by atoms with van der Waals surface area (Å²) in [5.41, 5.74) is 8.42. The van der Waals surface area contributed by atoms with Crippen LogP contribution in [0.5, 0.6) is 11.5 Å². The first-order chi connectivity index (χ1) is 8.18. The van der Waals surface area contributed by atoms with E-state index < -0.39 is 0 Å². The van der Waals surface area contributed by atoms with Crippen molar-refractivity contribution in [2.75, 3.05) is 13.2 Å². The zero-order chi connectivity index (χ0) is 12.0. The van der Waals surface area contributed by atoms with Crippen LogP contribution in [0.15, 0.2) is 6.07 Å². The lowest BCUT2D eigenvalue weighted by Gasteiger charge is -2.32. The van der Waals surface area contributed by atoms with Crippen molar-refractivity contribution in [2.45, 2.75) is 31.7 Å². The van der Waals surface area contributed by atoms with E-state index in [1.165, 1.54) is 0 Å². The molecule has 4 heteroatoms. The molecule has 2 atom stereocenters. The van der Waals surface area contributed by atoms with Crippen molar-refractivity contribution in [1.82, 2.24) is 0 Å². The molecule has 0 radical (unpaired) electrons. The maximum absolute atomic E-state index is 6.35. The summed E-state index contributed by atoms with van der Waals surface area (Å²) in [6.07, 6.45) is 2.05. The van der Waals surface area contributed by atoms with Crippen molar-refractivity contribution < 1.29 is 9.47 Å². The first-order valence-corrected chi connectivity index (χ1v) is 6.43. The van der Waals surface area contributed by atoms with Crippen molar-refractivity contribution in [2.24, 2.45) is 5.73 Å². The number of fused-ring (bicyclic) bond motifs is 3. The Bertz CT molecular complexity index is 461. The third kappa shape index (κ3) is 1.69. The highest BCUT2D eigenvalue weighted by atomic mass is 35.5. The second-order valence-corrected chi connectivity index (χ2v) is 5.20. The maximum Gasteiger partial charge on any atom is 0.166 e. The largest absolute Gasteiger partial charge is 0.486 e. The van der Waals surface area contributed by atoms with Crippen LogP contribution in [-0.4, -0.2) is 13.2 Å². The summed E-state index contributed by atoms with van der Waals surface area (Å²) in [5, 5.41) is 0.756. The summed E-state index contributed by atoms with van der Waals surface area (Å²) >= 11 is 6.35. The number of ether oxygens (including phenoxy) is 2. The molecule has 0 bridgehead atoms. The van der Waals surface area contributed by atoms with E-state index in [0.29, 0.717) is 19.1 Å². The summed E-state index contributed by atoms with van der Waals surface area (Å²) in [6.45, 7) is 3.35. The van der Waals surface area contributed by atoms with Crippen molar-refractivity contribution in [3.8, 4) is 11.5 Å². The molecule has 2 aliphatic rings. The molecule has 1 aromatic carbocycles. The van der Waals surface area contributed by atoms with Gasteiger partial charge in [-0.1, -0.05) is 18.5 Å². The van der Waals surface area contributed by atoms with Gasteiger partial charge in [-0.2, -0.15) is 0 Å². The monoisotopic (exact) mass is 253 g/mol. The topological polar surface area (TPSA) is 44.5 Å². The van der Waals surface area contributed by atoms with Crippen molar-refractivity contribution in [3.63, 3.8) is 0 Å². The van der Waals surface area contributed by atoms with Gasteiger partial charge in [0.25, 0.3) is 0 Å². The Morgan fingerprint density at radius 3 is 2.82 bits per heavy atom. The third-order valence-electron chi connectivity index (χ3n) is 3.64. The summed E-state index contributed by atoms with van der Waals surface area (Å²) in [6, 6.07) is 1.87. The van der Waals surface area contributed by atoms with Crippen LogP contribution < -0.4 is 15.2 Å². The molecule has 3 nitrogen and oxygen atoms in total. The molecule has 0 saturated carbocycles. The number of benzene rings is 1. The Balaban J connectivity index is 2.24. The zero-order valence-electron chi connectivity index (χ0n) is 9.83. The lowest BCUT2D eigenvalue weighted by molar-refractivity contribution is 0.168. The fourth-order valence-electron chi connectivity index (χ4n) is 2.78. The molecule has 0 fully saturated rings. The Kier molecular flexibility index (Phi) is 2.68. The quantitative estimate of drug-likeness (QED) is 0.773. The molecule has 1 aliphatic heterocycles. The summed E-state index contributed by atoms with van der Waals surface area (Å²) < 4.78 is 11.3. The van der Waals surface area contributed by atoms with E-state index in [0.717, 1.165) is 40.5 Å². The van der Waals surface area contributed by atoms with Crippen LogP contribution >= 0.6 is 11.6 Å². The molecule has 2 unspecified atom stereocenters. The molecule has 1 aromatic rings. The number of rotatable bonds is 0. The summed E-state index contributed by atoms with van der Waals surface area (Å²) in [5.74, 6) is 1.99. The third-order valence-corrected chi connectivity index (χ3v) is 3.95. The molecule has 0 aromatic heterocycles. The Morgan fingerprint density at radius 2 is 2.00 bits per heavy atom. The van der Waals surface area contributed by atoms with E-state index in [2.05, 4.69) is 6.92 Å². The van der Waals surface area contributed by atoms with E-state index in [4.69, 9.17) is 26.8 Å². The minimum absolute atomic E-state index is 0.00958. The van der Waals surface area contributed by atoms with Gasteiger partial charge in [-0.15, -0.1) is 0 Å². The lowest BCUT2D eigenvalue weighted by atomic mass is 9.80. The molecule has 92 valence electrons. The van der Waals surface area contributed by atoms with Gasteiger partial charge in [0.2, 0.25) is 0 Å². The second-order valence-electron chi connectivity index (χ2n) is 4.79. The van der Waals surface area contributed by atoms with Crippen LogP contribution in [0.4, 0.5) is 0 Å². The average molecular weight is 254 g/mol. The van der Waals surface area contributed by atoms with Crippen LogP contribution in [0.2, 0.25) is 5.02 Å². The lowest BCUT2D eigenvalue weighted by Crippen LogP contribution is -2.24. The van der Waals surface area contributed by atoms with Gasteiger partial charge in [-0.25, -0.2) is 0 Å². The first-order valence-electron chi connectivity index (χ1n) is 6.06. The predicted molar refractivity (Wildman–Crippen MR) is 67.0 cm³/mol. The molecule has 0 spiro atoms. The molecular weight excluding hydrogens is 238 g/mol. The normalized spacial score (nSPS) is 26.5. The Morgan fingerprint density at radius 1 is 1.24 bits per heavy atom. The van der Waals surface area contributed by atoms with Crippen molar-refractivity contribution in [1.29, 1.82) is 0 Å². The maximum atomic E-state index is 6.35. The number of hydrogen-bond acceptors (Lipinski definition) is 3. The van der Waals surface area contributed by atoms with E-state index >= 15 is 0 Å². The molecule has 1 heterocycles. The summed E-state index contributed by atoms with van der Waals surface area (Å²) in [7, 11) is 0. The van der Waals surface area contributed by atoms with Crippen LogP contribution in [0.1, 0.15) is 42.9 Å². The number of nitrogens with two attached hydrogens (primary N) is 1. The standard InChI is InChI=1S/C13H16ClNO2/c1-7-2-3-9(15)12-11(7)8(14)6-10-13(12)17-5-4-16-10/h6-7,9H,2-5,15H2,1H3. The number of hydrogen-bond donors (Lipinski definition) is 1. The fraction of sp³-hybridized carbons (Fsp3) is 0.538. The minimum atomic E-state index is 0.00958. The van der Waals surface area contributed by atoms with Crippen molar-refractivity contribution in [3.05, 3.63) is 22.2 Å². The van der Waals surface area contributed by atoms with Crippen LogP contribution in [-0.2, 0) is 0 Å². The molecular formula is C13H16ClNO2. The van der Waals surface area contributed by atoms with E-state index in [1.54, 1.807) is 0 Å². The van der Waals surface area contributed by atoms with Gasteiger partial charge in [-0.3, -0.25) is 0 Å². The molecule has 1 aliphatic carbocycles. The molecule has 2 N–H and O–H groups in total. The average Bonchev–Trinajstić information content (AvgIpc) is 2.33. The van der Waals surface area contributed by atoms with Gasteiger partial charge >= 0.3 is 0 Å². The Labute approximate surface area is 106 Å². The van der Waals surface area contributed by atoms with Gasteiger partial charge < -0.3 is 15.2 Å². The molecule has 0 saturated heterocycles. The second kappa shape index (κ2) is 4.07. The first kappa shape index (κ1) is 11.2. The van der Waals surface area contributed by atoms with Crippen LogP contribution in [0.3, 0.4) is 0 Å². The molecule has 0 amide bonds. The van der Waals surface area contributed by atoms with Gasteiger partial charge in [0, 0.05) is 22.7 Å². The summed E-state index contributed by atoms with van der Waals surface area (Å²) in [4.78, 5) is 0. The molecule has 3 rings (SSSR count). The number of halogens is 1. The van der Waals surface area contributed by atoms with E-state index in [1.807, 2.05) is 6.07 Å². The van der Waals surface area contributed by atoms with E-state index in [9.17, 15) is 0 Å². The van der Waals surface area contributed by atoms with E-state index in [-0.39, 0.29) is 6.04 Å². The van der Waals surface area contributed by atoms with Gasteiger partial charge in [0.05, 0.1) is 0 Å². The SMILES string of the molecule is CC1CCC(N)c2c3c(cc(Cl)c21)OCCO3. The predicted octanol–water partition coefficient (Wildman–Crippen LogP) is 3.01. The fourth-order valence-corrected chi connectivity index (χ4v) is 3.17. The van der Waals surface area contributed by atoms with Gasteiger partial charge in [-0.05, 0) is 24.3 Å². The highest BCUT2D eigenvalue weighted by Gasteiger charge is 2.31.